The number of aromatic nitrogens is 2. The zero-order valence-electron chi connectivity index (χ0n) is 16.9. The number of hydrogen-bond donors (Lipinski definition) is 3. The minimum Gasteiger partial charge on any atom is -0.368 e. The fraction of sp³-hybridized carbons (Fsp3) is 0.400. The number of Topliss-reactive ketones (excluding diaryl/α,β-unsaturated/α-hetero) is 1. The maximum Gasteiger partial charge on any atom is 0.416 e. The monoisotopic (exact) mass is 452 g/mol. The van der Waals surface area contributed by atoms with Crippen molar-refractivity contribution in [1.29, 1.82) is 5.26 Å². The molecule has 0 fully saturated rings. The first kappa shape index (κ1) is 24.4. The van der Waals surface area contributed by atoms with Crippen LogP contribution in [0.4, 0.5) is 24.9 Å². The molecule has 0 aliphatic rings. The molecule has 31 heavy (non-hydrogen) atoms. The summed E-state index contributed by atoms with van der Waals surface area (Å²) in [7, 11) is 0. The van der Waals surface area contributed by atoms with Crippen molar-refractivity contribution >= 4 is 29.3 Å². The van der Waals surface area contributed by atoms with Gasteiger partial charge in [-0.1, -0.05) is 18.2 Å². The van der Waals surface area contributed by atoms with E-state index in [0.717, 1.165) is 12.1 Å². The normalized spacial score (nSPS) is 12.3. The maximum absolute atomic E-state index is 13.0. The second kappa shape index (κ2) is 11.0. The topological polar surface area (TPSA) is 131 Å². The number of halogens is 3. The van der Waals surface area contributed by atoms with Gasteiger partial charge in [-0.05, 0) is 43.7 Å². The van der Waals surface area contributed by atoms with Crippen molar-refractivity contribution in [1.82, 2.24) is 9.97 Å². The SMILES string of the molecule is CSc1nc(N)nc(N[C@@H](CCCCN)C(=O)Cc2cccc(C(F)(F)F)c2)c1C#N. The van der Waals surface area contributed by atoms with Crippen LogP contribution in [0.15, 0.2) is 29.3 Å². The summed E-state index contributed by atoms with van der Waals surface area (Å²) in [6.45, 7) is 0.440. The highest BCUT2D eigenvalue weighted by Gasteiger charge is 2.31. The Morgan fingerprint density at radius 3 is 2.68 bits per heavy atom. The van der Waals surface area contributed by atoms with Crippen LogP contribution in [0.25, 0.3) is 0 Å². The Balaban J connectivity index is 2.30. The number of ketones is 1. The first-order valence-corrected chi connectivity index (χ1v) is 10.7. The minimum absolute atomic E-state index is 0.0584. The molecule has 2 rings (SSSR count). The van der Waals surface area contributed by atoms with Gasteiger partial charge in [0.15, 0.2) is 11.6 Å². The van der Waals surface area contributed by atoms with Gasteiger partial charge in [0, 0.05) is 6.42 Å². The molecule has 166 valence electrons. The van der Waals surface area contributed by atoms with Gasteiger partial charge in [0.25, 0.3) is 0 Å². The fourth-order valence-corrected chi connectivity index (χ4v) is 3.49. The van der Waals surface area contributed by atoms with Crippen LogP contribution in [-0.2, 0) is 17.4 Å². The zero-order valence-corrected chi connectivity index (χ0v) is 17.7. The lowest BCUT2D eigenvalue weighted by Crippen LogP contribution is -2.32. The summed E-state index contributed by atoms with van der Waals surface area (Å²) in [5.74, 6) is -0.269. The third-order valence-electron chi connectivity index (χ3n) is 4.48. The lowest BCUT2D eigenvalue weighted by Gasteiger charge is -2.20. The van der Waals surface area contributed by atoms with Crippen molar-refractivity contribution < 1.29 is 18.0 Å². The summed E-state index contributed by atoms with van der Waals surface area (Å²) in [4.78, 5) is 21.0. The fourth-order valence-electron chi connectivity index (χ4n) is 2.96. The summed E-state index contributed by atoms with van der Waals surface area (Å²) < 4.78 is 38.9. The number of thioether (sulfide) groups is 1. The van der Waals surface area contributed by atoms with Gasteiger partial charge in [-0.3, -0.25) is 4.79 Å². The standard InChI is InChI=1S/C20H23F3N6OS/c1-31-18-14(11-25)17(28-19(26)29-18)27-15(7-2-3-8-24)16(30)10-12-5-4-6-13(9-12)20(21,22)23/h4-6,9,15H,2-3,7-8,10,24H2,1H3,(H3,26,27,28,29)/t15-/m0/s1. The van der Waals surface area contributed by atoms with E-state index < -0.39 is 17.8 Å². The zero-order chi connectivity index (χ0) is 23.0. The molecule has 1 atom stereocenters. The number of benzene rings is 1. The molecular weight excluding hydrogens is 429 g/mol. The molecule has 0 amide bonds. The van der Waals surface area contributed by atoms with E-state index in [-0.39, 0.29) is 35.1 Å². The van der Waals surface area contributed by atoms with Crippen LogP contribution in [0.5, 0.6) is 0 Å². The van der Waals surface area contributed by atoms with Crippen molar-refractivity contribution in [2.45, 2.75) is 42.9 Å². The van der Waals surface area contributed by atoms with Gasteiger partial charge in [-0.2, -0.15) is 23.4 Å². The highest BCUT2D eigenvalue weighted by Crippen LogP contribution is 2.30. The van der Waals surface area contributed by atoms with E-state index in [9.17, 15) is 23.2 Å². The predicted octanol–water partition coefficient (Wildman–Crippen LogP) is 3.39. The third kappa shape index (κ3) is 6.83. The van der Waals surface area contributed by atoms with Crippen LogP contribution in [-0.4, -0.2) is 34.6 Å². The molecular formula is C20H23F3N6OS. The Morgan fingerprint density at radius 1 is 1.32 bits per heavy atom. The van der Waals surface area contributed by atoms with E-state index in [4.69, 9.17) is 11.5 Å². The number of nitrogens with two attached hydrogens (primary N) is 2. The molecule has 0 unspecified atom stereocenters. The molecule has 0 aliphatic heterocycles. The van der Waals surface area contributed by atoms with Crippen molar-refractivity contribution in [2.24, 2.45) is 5.73 Å². The highest BCUT2D eigenvalue weighted by atomic mass is 32.2. The van der Waals surface area contributed by atoms with E-state index in [2.05, 4.69) is 15.3 Å². The molecule has 0 spiro atoms. The summed E-state index contributed by atoms with van der Waals surface area (Å²) in [5.41, 5.74) is 10.8. The van der Waals surface area contributed by atoms with Gasteiger partial charge in [0.2, 0.25) is 5.95 Å². The van der Waals surface area contributed by atoms with Gasteiger partial charge in [0.05, 0.1) is 11.6 Å². The first-order chi connectivity index (χ1) is 14.7. The number of anilines is 2. The number of carbonyl (C=O) groups is 1. The minimum atomic E-state index is -4.49. The number of carbonyl (C=O) groups excluding carboxylic acids is 1. The van der Waals surface area contributed by atoms with Crippen LogP contribution in [0.1, 0.15) is 36.0 Å². The van der Waals surface area contributed by atoms with E-state index in [0.29, 0.717) is 30.8 Å². The Labute approximate surface area is 182 Å². The number of alkyl halides is 3. The van der Waals surface area contributed by atoms with Gasteiger partial charge in [0.1, 0.15) is 16.7 Å². The Morgan fingerprint density at radius 2 is 2.06 bits per heavy atom. The maximum atomic E-state index is 13.0. The highest BCUT2D eigenvalue weighted by molar-refractivity contribution is 7.98. The van der Waals surface area contributed by atoms with Crippen molar-refractivity contribution in [3.8, 4) is 6.07 Å². The second-order valence-electron chi connectivity index (χ2n) is 6.75. The number of hydrogen-bond acceptors (Lipinski definition) is 8. The molecule has 0 bridgehead atoms. The third-order valence-corrected chi connectivity index (χ3v) is 5.16. The number of rotatable bonds is 10. The number of nitrogens with zero attached hydrogens (tertiary/aromatic N) is 3. The lowest BCUT2D eigenvalue weighted by atomic mass is 9.98. The van der Waals surface area contributed by atoms with Crippen LogP contribution >= 0.6 is 11.8 Å². The average Bonchev–Trinajstić information content (AvgIpc) is 2.72. The summed E-state index contributed by atoms with van der Waals surface area (Å²) in [6.07, 6.45) is -1.32. The van der Waals surface area contributed by atoms with Crippen molar-refractivity contribution in [2.75, 3.05) is 23.9 Å². The molecule has 2 aromatic rings. The number of nitrogen functional groups attached to an aromatic ring is 1. The molecule has 0 radical (unpaired) electrons. The number of unbranched alkanes of at least 4 members (excludes halogenated alkanes) is 1. The molecule has 7 nitrogen and oxygen atoms in total. The quantitative estimate of drug-likeness (QED) is 0.284. The molecule has 5 N–H and O–H groups in total. The smallest absolute Gasteiger partial charge is 0.368 e. The van der Waals surface area contributed by atoms with E-state index >= 15 is 0 Å². The van der Waals surface area contributed by atoms with Crippen molar-refractivity contribution in [3.05, 3.63) is 41.0 Å². The summed E-state index contributed by atoms with van der Waals surface area (Å²) in [5, 5.41) is 12.8. The predicted molar refractivity (Wildman–Crippen MR) is 113 cm³/mol. The summed E-state index contributed by atoms with van der Waals surface area (Å²) >= 11 is 1.21. The summed E-state index contributed by atoms with van der Waals surface area (Å²) in [6, 6.07) is 5.89. The molecule has 11 heteroatoms. The van der Waals surface area contributed by atoms with Gasteiger partial charge >= 0.3 is 6.18 Å². The van der Waals surface area contributed by atoms with Crippen LogP contribution < -0.4 is 16.8 Å². The Bertz CT molecular complexity index is 961. The average molecular weight is 453 g/mol. The Hall–Kier alpha value is -2.84. The van der Waals surface area contributed by atoms with Crippen molar-refractivity contribution in [3.63, 3.8) is 0 Å². The molecule has 1 aromatic heterocycles. The molecule has 0 saturated heterocycles. The van der Waals surface area contributed by atoms with E-state index in [1.807, 2.05) is 6.07 Å². The van der Waals surface area contributed by atoms with Crippen LogP contribution in [0.2, 0.25) is 0 Å². The largest absolute Gasteiger partial charge is 0.416 e. The first-order valence-electron chi connectivity index (χ1n) is 9.46. The van der Waals surface area contributed by atoms with E-state index in [1.54, 1.807) is 6.26 Å². The van der Waals surface area contributed by atoms with Gasteiger partial charge in [-0.15, -0.1) is 11.8 Å². The Kier molecular flexibility index (Phi) is 8.65. The second-order valence-corrected chi connectivity index (χ2v) is 7.54. The van der Waals surface area contributed by atoms with E-state index in [1.165, 1.54) is 23.9 Å². The lowest BCUT2D eigenvalue weighted by molar-refractivity contribution is -0.137. The number of nitriles is 1. The molecule has 1 aromatic carbocycles. The van der Waals surface area contributed by atoms with Crippen LogP contribution in [0.3, 0.4) is 0 Å². The van der Waals surface area contributed by atoms with Gasteiger partial charge < -0.3 is 16.8 Å². The number of nitrogens with one attached hydrogen (secondary N) is 1. The molecule has 0 saturated carbocycles. The molecule has 1 heterocycles. The van der Waals surface area contributed by atoms with Crippen LogP contribution in [0, 0.1) is 11.3 Å². The van der Waals surface area contributed by atoms with Gasteiger partial charge in [-0.25, -0.2) is 4.98 Å². The molecule has 0 aliphatic carbocycles.